The van der Waals surface area contributed by atoms with Gasteiger partial charge in [0.15, 0.2) is 0 Å². The summed E-state index contributed by atoms with van der Waals surface area (Å²) in [5, 5.41) is 3.32. The highest BCUT2D eigenvalue weighted by Gasteiger charge is 2.23. The number of fused-ring (bicyclic) bond motifs is 1. The van der Waals surface area contributed by atoms with Crippen LogP contribution in [0.2, 0.25) is 0 Å². The molecule has 2 nitrogen and oxygen atoms in total. The fraction of sp³-hybridized carbons (Fsp3) is 0.500. The van der Waals surface area contributed by atoms with E-state index in [-0.39, 0.29) is 11.9 Å². The third-order valence-electron chi connectivity index (χ3n) is 3.24. The molecular formula is C12H14FNO. The molecule has 2 aliphatic heterocycles. The van der Waals surface area contributed by atoms with Crippen LogP contribution in [-0.2, 0) is 6.42 Å². The first kappa shape index (κ1) is 9.16. The minimum Gasteiger partial charge on any atom is -0.493 e. The number of halogens is 1. The van der Waals surface area contributed by atoms with Crippen molar-refractivity contribution in [1.82, 2.24) is 5.32 Å². The Morgan fingerprint density at radius 1 is 1.40 bits per heavy atom. The zero-order chi connectivity index (χ0) is 10.3. The van der Waals surface area contributed by atoms with Gasteiger partial charge in [0.2, 0.25) is 0 Å². The van der Waals surface area contributed by atoms with E-state index in [1.165, 1.54) is 6.07 Å². The van der Waals surface area contributed by atoms with Crippen molar-refractivity contribution in [3.8, 4) is 5.75 Å². The van der Waals surface area contributed by atoms with E-state index < -0.39 is 0 Å². The number of hydrogen-bond acceptors (Lipinski definition) is 2. The second kappa shape index (κ2) is 3.49. The second-order valence-corrected chi connectivity index (χ2v) is 4.23. The van der Waals surface area contributed by atoms with E-state index in [2.05, 4.69) is 5.32 Å². The molecule has 0 bridgehead atoms. The third-order valence-corrected chi connectivity index (χ3v) is 3.24. The smallest absolute Gasteiger partial charge is 0.131 e. The van der Waals surface area contributed by atoms with Gasteiger partial charge in [0.25, 0.3) is 0 Å². The maximum atomic E-state index is 13.8. The van der Waals surface area contributed by atoms with Crippen molar-refractivity contribution in [1.29, 1.82) is 0 Å². The molecule has 15 heavy (non-hydrogen) atoms. The van der Waals surface area contributed by atoms with E-state index in [9.17, 15) is 4.39 Å². The summed E-state index contributed by atoms with van der Waals surface area (Å²) >= 11 is 0. The lowest BCUT2D eigenvalue weighted by atomic mass is 10.0. The molecule has 2 aliphatic rings. The molecule has 0 amide bonds. The molecule has 1 fully saturated rings. The first-order chi connectivity index (χ1) is 7.34. The molecule has 1 unspecified atom stereocenters. The molecule has 2 heterocycles. The fourth-order valence-electron chi connectivity index (χ4n) is 2.44. The molecule has 80 valence electrons. The van der Waals surface area contributed by atoms with Gasteiger partial charge in [0, 0.05) is 24.1 Å². The summed E-state index contributed by atoms with van der Waals surface area (Å²) in [7, 11) is 0. The summed E-state index contributed by atoms with van der Waals surface area (Å²) in [4.78, 5) is 0. The summed E-state index contributed by atoms with van der Waals surface area (Å²) in [6.07, 6.45) is 3.09. The molecule has 1 aromatic carbocycles. The van der Waals surface area contributed by atoms with E-state index >= 15 is 0 Å². The van der Waals surface area contributed by atoms with Crippen LogP contribution >= 0.6 is 0 Å². The third kappa shape index (κ3) is 1.51. The molecular weight excluding hydrogens is 193 g/mol. The molecule has 1 aromatic rings. The summed E-state index contributed by atoms with van der Waals surface area (Å²) in [5.41, 5.74) is 1.97. The predicted molar refractivity (Wildman–Crippen MR) is 55.6 cm³/mol. The van der Waals surface area contributed by atoms with Crippen molar-refractivity contribution in [3.05, 3.63) is 29.1 Å². The maximum absolute atomic E-state index is 13.8. The van der Waals surface area contributed by atoms with Crippen LogP contribution in [0, 0.1) is 5.82 Å². The van der Waals surface area contributed by atoms with Crippen LogP contribution < -0.4 is 10.1 Å². The minimum atomic E-state index is -0.130. The van der Waals surface area contributed by atoms with Gasteiger partial charge >= 0.3 is 0 Å². The van der Waals surface area contributed by atoms with Gasteiger partial charge in [-0.05, 0) is 31.0 Å². The number of hydrogen-bond donors (Lipinski definition) is 1. The van der Waals surface area contributed by atoms with E-state index in [0.717, 1.165) is 42.7 Å². The van der Waals surface area contributed by atoms with Gasteiger partial charge in [-0.2, -0.15) is 0 Å². The van der Waals surface area contributed by atoms with Crippen molar-refractivity contribution in [2.75, 3.05) is 13.2 Å². The average Bonchev–Trinajstić information content (AvgIpc) is 2.85. The summed E-state index contributed by atoms with van der Waals surface area (Å²) in [6, 6.07) is 3.72. The largest absolute Gasteiger partial charge is 0.493 e. The number of ether oxygens (including phenoxy) is 1. The van der Waals surface area contributed by atoms with Gasteiger partial charge in [0.05, 0.1) is 6.61 Å². The van der Waals surface area contributed by atoms with Crippen molar-refractivity contribution >= 4 is 0 Å². The Labute approximate surface area is 88.4 Å². The van der Waals surface area contributed by atoms with E-state index in [0.29, 0.717) is 6.61 Å². The van der Waals surface area contributed by atoms with Crippen LogP contribution in [-0.4, -0.2) is 13.2 Å². The zero-order valence-electron chi connectivity index (χ0n) is 8.55. The molecule has 3 rings (SSSR count). The first-order valence-corrected chi connectivity index (χ1v) is 5.53. The Morgan fingerprint density at radius 2 is 2.33 bits per heavy atom. The molecule has 0 radical (unpaired) electrons. The van der Waals surface area contributed by atoms with Crippen LogP contribution in [0.1, 0.15) is 30.0 Å². The number of nitrogens with one attached hydrogen (secondary N) is 1. The Balaban J connectivity index is 2.00. The van der Waals surface area contributed by atoms with Crippen LogP contribution in [0.25, 0.3) is 0 Å². The molecule has 0 aromatic heterocycles. The summed E-state index contributed by atoms with van der Waals surface area (Å²) in [5.74, 6) is 0.601. The molecule has 3 heteroatoms. The summed E-state index contributed by atoms with van der Waals surface area (Å²) < 4.78 is 19.1. The Bertz CT molecular complexity index is 385. The maximum Gasteiger partial charge on any atom is 0.131 e. The highest BCUT2D eigenvalue weighted by molar-refractivity contribution is 5.42. The molecule has 1 N–H and O–H groups in total. The fourth-order valence-corrected chi connectivity index (χ4v) is 2.44. The van der Waals surface area contributed by atoms with Crippen molar-refractivity contribution < 1.29 is 9.13 Å². The SMILES string of the molecule is Fc1cc2c(cc1C1CCCN1)CCO2. The first-order valence-electron chi connectivity index (χ1n) is 5.53. The van der Waals surface area contributed by atoms with Gasteiger partial charge in [-0.1, -0.05) is 0 Å². The average molecular weight is 207 g/mol. The van der Waals surface area contributed by atoms with Gasteiger partial charge < -0.3 is 10.1 Å². The molecule has 1 atom stereocenters. The Morgan fingerprint density at radius 3 is 3.13 bits per heavy atom. The lowest BCUT2D eigenvalue weighted by Gasteiger charge is -2.13. The summed E-state index contributed by atoms with van der Waals surface area (Å²) in [6.45, 7) is 1.69. The van der Waals surface area contributed by atoms with Crippen molar-refractivity contribution in [2.45, 2.75) is 25.3 Å². The molecule has 0 aliphatic carbocycles. The van der Waals surface area contributed by atoms with Crippen molar-refractivity contribution in [2.24, 2.45) is 0 Å². The number of rotatable bonds is 1. The Hall–Kier alpha value is -1.09. The predicted octanol–water partition coefficient (Wildman–Crippen LogP) is 2.19. The topological polar surface area (TPSA) is 21.3 Å². The number of benzene rings is 1. The van der Waals surface area contributed by atoms with Gasteiger partial charge in [-0.25, -0.2) is 4.39 Å². The zero-order valence-corrected chi connectivity index (χ0v) is 8.55. The van der Waals surface area contributed by atoms with E-state index in [1.54, 1.807) is 0 Å². The van der Waals surface area contributed by atoms with Crippen LogP contribution in [0.3, 0.4) is 0 Å². The highest BCUT2D eigenvalue weighted by atomic mass is 19.1. The van der Waals surface area contributed by atoms with Crippen LogP contribution in [0.15, 0.2) is 12.1 Å². The van der Waals surface area contributed by atoms with Crippen LogP contribution in [0.5, 0.6) is 5.75 Å². The van der Waals surface area contributed by atoms with E-state index in [4.69, 9.17) is 4.74 Å². The highest BCUT2D eigenvalue weighted by Crippen LogP contribution is 2.33. The van der Waals surface area contributed by atoms with E-state index in [1.807, 2.05) is 6.07 Å². The van der Waals surface area contributed by atoms with Gasteiger partial charge in [-0.3, -0.25) is 0 Å². The monoisotopic (exact) mass is 207 g/mol. The van der Waals surface area contributed by atoms with Crippen LogP contribution in [0.4, 0.5) is 4.39 Å². The molecule has 1 saturated heterocycles. The lowest BCUT2D eigenvalue weighted by Crippen LogP contribution is -2.14. The second-order valence-electron chi connectivity index (χ2n) is 4.23. The molecule has 0 spiro atoms. The standard InChI is InChI=1S/C12H14FNO/c13-10-7-12-8(3-5-15-12)6-9(10)11-2-1-4-14-11/h6-7,11,14H,1-5H2. The molecule has 0 saturated carbocycles. The van der Waals surface area contributed by atoms with Gasteiger partial charge in [0.1, 0.15) is 11.6 Å². The Kier molecular flexibility index (Phi) is 2.13. The minimum absolute atomic E-state index is 0.130. The normalized spacial score (nSPS) is 23.9. The van der Waals surface area contributed by atoms with Gasteiger partial charge in [-0.15, -0.1) is 0 Å². The van der Waals surface area contributed by atoms with Crippen molar-refractivity contribution in [3.63, 3.8) is 0 Å². The quantitative estimate of drug-likeness (QED) is 0.762. The lowest BCUT2D eigenvalue weighted by molar-refractivity contribution is 0.355.